The number of nitrogens with one attached hydrogen (secondary N) is 2. The molecule has 0 radical (unpaired) electrons. The number of allylic oxidation sites excluding steroid dienone is 1. The monoisotopic (exact) mass is 508 g/mol. The Kier molecular flexibility index (Phi) is 8.23. The molecule has 0 bridgehead atoms. The van der Waals surface area contributed by atoms with Crippen molar-refractivity contribution < 1.29 is 9.84 Å². The van der Waals surface area contributed by atoms with Gasteiger partial charge in [0.15, 0.2) is 0 Å². The number of aliphatic hydroxyl groups is 1. The fraction of sp³-hybridized carbons (Fsp3) is 0.281. The van der Waals surface area contributed by atoms with Gasteiger partial charge < -0.3 is 15.2 Å². The predicted molar refractivity (Wildman–Crippen MR) is 154 cm³/mol. The summed E-state index contributed by atoms with van der Waals surface area (Å²) in [4.78, 5) is 8.80. The fourth-order valence-corrected chi connectivity index (χ4v) is 4.62. The van der Waals surface area contributed by atoms with Crippen molar-refractivity contribution in [2.45, 2.75) is 46.3 Å². The molecule has 0 aliphatic carbocycles. The quantitative estimate of drug-likeness (QED) is 0.204. The van der Waals surface area contributed by atoms with Gasteiger partial charge in [0, 0.05) is 47.3 Å². The van der Waals surface area contributed by atoms with Crippen LogP contribution in [0.25, 0.3) is 16.5 Å². The van der Waals surface area contributed by atoms with Crippen LogP contribution in [0.2, 0.25) is 0 Å². The molecule has 0 fully saturated rings. The molecular formula is C32H36N4O2. The van der Waals surface area contributed by atoms with E-state index in [2.05, 4.69) is 35.2 Å². The van der Waals surface area contributed by atoms with Crippen molar-refractivity contribution in [1.29, 1.82) is 5.41 Å². The van der Waals surface area contributed by atoms with E-state index in [-0.39, 0.29) is 17.6 Å². The van der Waals surface area contributed by atoms with Crippen molar-refractivity contribution in [3.63, 3.8) is 0 Å². The molecule has 0 spiro atoms. The highest BCUT2D eigenvalue weighted by Crippen LogP contribution is 2.28. The number of hydrogen-bond acceptors (Lipinski definition) is 6. The van der Waals surface area contributed by atoms with Crippen LogP contribution in [0.5, 0.6) is 5.75 Å². The third kappa shape index (κ3) is 7.05. The van der Waals surface area contributed by atoms with Gasteiger partial charge in [-0.05, 0) is 79.8 Å². The summed E-state index contributed by atoms with van der Waals surface area (Å²) >= 11 is 0. The minimum atomic E-state index is -0.278. The molecule has 0 aliphatic rings. The van der Waals surface area contributed by atoms with Crippen LogP contribution >= 0.6 is 0 Å². The molecule has 2 aromatic carbocycles. The van der Waals surface area contributed by atoms with Gasteiger partial charge in [0.1, 0.15) is 12.4 Å². The van der Waals surface area contributed by atoms with Gasteiger partial charge in [-0.1, -0.05) is 38.1 Å². The minimum absolute atomic E-state index is 0.111. The normalized spacial score (nSPS) is 12.4. The Morgan fingerprint density at radius 3 is 2.34 bits per heavy atom. The topological polar surface area (TPSA) is 91.1 Å². The summed E-state index contributed by atoms with van der Waals surface area (Å²) in [7, 11) is 0. The van der Waals surface area contributed by atoms with Crippen LogP contribution in [-0.2, 0) is 6.61 Å². The van der Waals surface area contributed by atoms with Crippen molar-refractivity contribution in [1.82, 2.24) is 15.3 Å². The Balaban J connectivity index is 1.49. The average molecular weight is 509 g/mol. The van der Waals surface area contributed by atoms with E-state index < -0.39 is 0 Å². The number of benzene rings is 2. The minimum Gasteiger partial charge on any atom is -0.487 e. The SMILES string of the molecule is CC(C)(CO)CC(C)(C)N/C=C(\C(=N)c1ccc(OCc2ccc3ccccc3n2)cc1)c1ccncc1. The van der Waals surface area contributed by atoms with E-state index in [9.17, 15) is 5.11 Å². The molecule has 4 aromatic rings. The van der Waals surface area contributed by atoms with Crippen molar-refractivity contribution >= 4 is 22.2 Å². The first kappa shape index (κ1) is 27.0. The number of aliphatic hydroxyl groups excluding tert-OH is 1. The molecule has 0 saturated carbocycles. The van der Waals surface area contributed by atoms with Gasteiger partial charge in [-0.25, -0.2) is 4.98 Å². The molecule has 0 amide bonds. The van der Waals surface area contributed by atoms with Crippen LogP contribution < -0.4 is 10.1 Å². The molecule has 0 atom stereocenters. The number of ether oxygens (including phenoxy) is 1. The van der Waals surface area contributed by atoms with Gasteiger partial charge in [0.2, 0.25) is 0 Å². The molecule has 3 N–H and O–H groups in total. The highest BCUT2D eigenvalue weighted by Gasteiger charge is 2.27. The van der Waals surface area contributed by atoms with E-state index in [1.165, 1.54) is 0 Å². The standard InChI is InChI=1S/C32H36N4O2/c1-31(2,22-37)21-32(3,4)35-19-28(23-15-17-34-18-16-23)30(33)25-10-13-27(14-11-25)38-20-26-12-9-24-7-5-6-8-29(24)36-26/h5-19,33,35,37H,20-22H2,1-4H3/b28-19-,33-30?. The van der Waals surface area contributed by atoms with E-state index in [0.717, 1.165) is 45.5 Å². The largest absolute Gasteiger partial charge is 0.487 e. The zero-order valence-corrected chi connectivity index (χ0v) is 22.5. The van der Waals surface area contributed by atoms with Crippen LogP contribution in [0.4, 0.5) is 0 Å². The van der Waals surface area contributed by atoms with E-state index in [1.54, 1.807) is 12.4 Å². The first-order chi connectivity index (χ1) is 18.2. The molecule has 0 aliphatic heterocycles. The molecule has 6 nitrogen and oxygen atoms in total. The van der Waals surface area contributed by atoms with E-state index >= 15 is 0 Å². The maximum absolute atomic E-state index is 9.72. The van der Waals surface area contributed by atoms with E-state index in [4.69, 9.17) is 10.1 Å². The van der Waals surface area contributed by atoms with Gasteiger partial charge in [0.05, 0.1) is 16.9 Å². The molecule has 2 heterocycles. The lowest BCUT2D eigenvalue weighted by atomic mass is 9.80. The summed E-state index contributed by atoms with van der Waals surface area (Å²) in [6, 6.07) is 23.4. The molecular weight excluding hydrogens is 472 g/mol. The molecule has 2 aromatic heterocycles. The average Bonchev–Trinajstić information content (AvgIpc) is 2.92. The number of nitrogens with zero attached hydrogens (tertiary/aromatic N) is 2. The van der Waals surface area contributed by atoms with Gasteiger partial charge in [0.25, 0.3) is 0 Å². The van der Waals surface area contributed by atoms with Crippen LogP contribution in [0.15, 0.2) is 91.4 Å². The van der Waals surface area contributed by atoms with Gasteiger partial charge in [-0.2, -0.15) is 0 Å². The Bertz CT molecular complexity index is 1410. The Morgan fingerprint density at radius 1 is 0.921 bits per heavy atom. The van der Waals surface area contributed by atoms with Crippen LogP contribution in [0.1, 0.15) is 50.9 Å². The lowest BCUT2D eigenvalue weighted by molar-refractivity contribution is 0.122. The maximum Gasteiger partial charge on any atom is 0.130 e. The van der Waals surface area contributed by atoms with Gasteiger partial charge in [-0.15, -0.1) is 0 Å². The lowest BCUT2D eigenvalue weighted by Crippen LogP contribution is -2.41. The molecule has 4 rings (SSSR count). The van der Waals surface area contributed by atoms with Crippen molar-refractivity contribution in [2.75, 3.05) is 6.61 Å². The Labute approximate surface area is 224 Å². The zero-order valence-electron chi connectivity index (χ0n) is 22.5. The van der Waals surface area contributed by atoms with Crippen LogP contribution in [-0.4, -0.2) is 32.9 Å². The summed E-state index contributed by atoms with van der Waals surface area (Å²) in [5.74, 6) is 0.719. The van der Waals surface area contributed by atoms with Crippen molar-refractivity contribution in [2.24, 2.45) is 5.41 Å². The number of hydrogen-bond donors (Lipinski definition) is 3. The Hall–Kier alpha value is -4.03. The third-order valence-electron chi connectivity index (χ3n) is 6.40. The molecule has 0 saturated heterocycles. The highest BCUT2D eigenvalue weighted by molar-refractivity contribution is 6.30. The molecule has 0 unspecified atom stereocenters. The maximum atomic E-state index is 9.72. The van der Waals surface area contributed by atoms with Gasteiger partial charge in [-0.3, -0.25) is 10.4 Å². The summed E-state index contributed by atoms with van der Waals surface area (Å²) in [5, 5.41) is 23.3. The summed E-state index contributed by atoms with van der Waals surface area (Å²) in [5.41, 5.74) is 4.15. The zero-order chi connectivity index (χ0) is 27.2. The predicted octanol–water partition coefficient (Wildman–Crippen LogP) is 6.39. The summed E-state index contributed by atoms with van der Waals surface area (Å²) in [6.45, 7) is 8.78. The second-order valence-electron chi connectivity index (χ2n) is 11.0. The number of pyridine rings is 2. The second-order valence-corrected chi connectivity index (χ2v) is 11.0. The lowest BCUT2D eigenvalue weighted by Gasteiger charge is -2.34. The van der Waals surface area contributed by atoms with Crippen molar-refractivity contribution in [3.05, 3.63) is 108 Å². The second kappa shape index (κ2) is 11.6. The van der Waals surface area contributed by atoms with E-state index in [1.807, 2.05) is 86.8 Å². The Morgan fingerprint density at radius 2 is 1.63 bits per heavy atom. The molecule has 6 heteroatoms. The summed E-state index contributed by atoms with van der Waals surface area (Å²) < 4.78 is 5.98. The first-order valence-electron chi connectivity index (χ1n) is 12.8. The van der Waals surface area contributed by atoms with E-state index in [0.29, 0.717) is 12.3 Å². The summed E-state index contributed by atoms with van der Waals surface area (Å²) in [6.07, 6.45) is 6.13. The third-order valence-corrected chi connectivity index (χ3v) is 6.40. The molecule has 38 heavy (non-hydrogen) atoms. The smallest absolute Gasteiger partial charge is 0.130 e. The number of aromatic nitrogens is 2. The van der Waals surface area contributed by atoms with Crippen molar-refractivity contribution in [3.8, 4) is 5.75 Å². The number of para-hydroxylation sites is 1. The highest BCUT2D eigenvalue weighted by atomic mass is 16.5. The van der Waals surface area contributed by atoms with Crippen LogP contribution in [0, 0.1) is 10.8 Å². The number of rotatable bonds is 11. The number of fused-ring (bicyclic) bond motifs is 1. The molecule has 196 valence electrons. The first-order valence-corrected chi connectivity index (χ1v) is 12.8. The fourth-order valence-electron chi connectivity index (χ4n) is 4.62. The van der Waals surface area contributed by atoms with Gasteiger partial charge >= 0.3 is 0 Å². The van der Waals surface area contributed by atoms with Crippen LogP contribution in [0.3, 0.4) is 0 Å².